The van der Waals surface area contributed by atoms with Crippen molar-refractivity contribution in [2.45, 2.75) is 45.7 Å². The van der Waals surface area contributed by atoms with Crippen molar-refractivity contribution in [3.63, 3.8) is 0 Å². The van der Waals surface area contributed by atoms with Crippen LogP contribution in [0.15, 0.2) is 0 Å². The number of aliphatic carboxylic acids is 1. The number of carboxylic acid groups (broad SMARTS) is 1. The lowest BCUT2D eigenvalue weighted by Gasteiger charge is -2.29. The molecule has 0 amide bonds. The van der Waals surface area contributed by atoms with Crippen LogP contribution in [0.25, 0.3) is 0 Å². The van der Waals surface area contributed by atoms with Gasteiger partial charge in [-0.1, -0.05) is 6.92 Å². The maximum absolute atomic E-state index is 11.1. The predicted molar refractivity (Wildman–Crippen MR) is 64.5 cm³/mol. The fraction of sp³-hybridized carbons (Fsp3) is 0.917. The lowest BCUT2D eigenvalue weighted by molar-refractivity contribution is -0.140. The van der Waals surface area contributed by atoms with Crippen LogP contribution in [0.5, 0.6) is 0 Å². The van der Waals surface area contributed by atoms with Gasteiger partial charge in [0.1, 0.15) is 6.04 Å². The minimum absolute atomic E-state index is 0.418. The molecular formula is C12H24N2O2. The van der Waals surface area contributed by atoms with Gasteiger partial charge in [-0.3, -0.25) is 9.69 Å². The number of rotatable bonds is 8. The molecule has 1 aliphatic carbocycles. The summed E-state index contributed by atoms with van der Waals surface area (Å²) < 4.78 is 0. The molecule has 0 saturated heterocycles. The van der Waals surface area contributed by atoms with Gasteiger partial charge in [0.15, 0.2) is 0 Å². The number of hydrogen-bond donors (Lipinski definition) is 2. The molecule has 0 aromatic heterocycles. The quantitative estimate of drug-likeness (QED) is 0.655. The van der Waals surface area contributed by atoms with Crippen molar-refractivity contribution in [2.24, 2.45) is 5.92 Å². The summed E-state index contributed by atoms with van der Waals surface area (Å²) in [4.78, 5) is 13.3. The topological polar surface area (TPSA) is 52.6 Å². The van der Waals surface area contributed by atoms with Crippen LogP contribution in [0.3, 0.4) is 0 Å². The van der Waals surface area contributed by atoms with E-state index in [1.807, 2.05) is 6.92 Å². The van der Waals surface area contributed by atoms with E-state index in [2.05, 4.69) is 24.1 Å². The average molecular weight is 228 g/mol. The van der Waals surface area contributed by atoms with Crippen molar-refractivity contribution in [1.82, 2.24) is 10.2 Å². The Kier molecular flexibility index (Phi) is 5.22. The Labute approximate surface area is 98.0 Å². The van der Waals surface area contributed by atoms with Gasteiger partial charge in [0.25, 0.3) is 0 Å². The van der Waals surface area contributed by atoms with Crippen molar-refractivity contribution < 1.29 is 9.90 Å². The first-order chi connectivity index (χ1) is 7.54. The fourth-order valence-electron chi connectivity index (χ4n) is 1.84. The van der Waals surface area contributed by atoms with Crippen LogP contribution in [-0.4, -0.2) is 47.7 Å². The molecule has 1 fully saturated rings. The maximum atomic E-state index is 11.1. The third kappa shape index (κ3) is 4.49. The minimum Gasteiger partial charge on any atom is -0.480 e. The van der Waals surface area contributed by atoms with Crippen LogP contribution in [0.2, 0.25) is 0 Å². The highest BCUT2D eigenvalue weighted by molar-refractivity contribution is 5.73. The third-order valence-electron chi connectivity index (χ3n) is 3.09. The molecule has 2 N–H and O–H groups in total. The third-order valence-corrected chi connectivity index (χ3v) is 3.09. The Hall–Kier alpha value is -0.610. The van der Waals surface area contributed by atoms with Gasteiger partial charge in [0, 0.05) is 19.1 Å². The van der Waals surface area contributed by atoms with Gasteiger partial charge in [0.05, 0.1) is 0 Å². The molecule has 4 heteroatoms. The standard InChI is InChI=1S/C12H24N2O2/c1-4-13-11(12(15)16)8-14(9(2)3)7-10-5-6-10/h9-11,13H,4-8H2,1-3H3,(H,15,16). The molecule has 0 radical (unpaired) electrons. The Morgan fingerprint density at radius 1 is 1.50 bits per heavy atom. The van der Waals surface area contributed by atoms with E-state index in [0.29, 0.717) is 19.1 Å². The second-order valence-corrected chi connectivity index (χ2v) is 4.94. The molecule has 1 atom stereocenters. The van der Waals surface area contributed by atoms with Crippen molar-refractivity contribution in [2.75, 3.05) is 19.6 Å². The molecule has 1 unspecified atom stereocenters. The monoisotopic (exact) mass is 228 g/mol. The van der Waals surface area contributed by atoms with Gasteiger partial charge in [-0.05, 0) is 39.2 Å². The smallest absolute Gasteiger partial charge is 0.322 e. The minimum atomic E-state index is -0.747. The highest BCUT2D eigenvalue weighted by Crippen LogP contribution is 2.30. The molecule has 1 saturated carbocycles. The molecule has 1 rings (SSSR count). The second kappa shape index (κ2) is 6.21. The van der Waals surface area contributed by atoms with E-state index in [1.54, 1.807) is 0 Å². The summed E-state index contributed by atoms with van der Waals surface area (Å²) in [6, 6.07) is -0.0211. The summed E-state index contributed by atoms with van der Waals surface area (Å²) in [5.74, 6) is 0.0572. The lowest BCUT2D eigenvalue weighted by Crippen LogP contribution is -2.48. The Bertz CT molecular complexity index is 227. The van der Waals surface area contributed by atoms with E-state index >= 15 is 0 Å². The molecule has 0 aromatic carbocycles. The zero-order valence-corrected chi connectivity index (χ0v) is 10.6. The van der Waals surface area contributed by atoms with E-state index in [-0.39, 0.29) is 0 Å². The van der Waals surface area contributed by atoms with E-state index in [9.17, 15) is 4.79 Å². The molecule has 94 valence electrons. The van der Waals surface area contributed by atoms with Gasteiger partial charge in [0.2, 0.25) is 0 Å². The van der Waals surface area contributed by atoms with E-state index in [0.717, 1.165) is 12.5 Å². The zero-order valence-electron chi connectivity index (χ0n) is 10.6. The first-order valence-corrected chi connectivity index (χ1v) is 6.24. The van der Waals surface area contributed by atoms with Gasteiger partial charge < -0.3 is 10.4 Å². The zero-order chi connectivity index (χ0) is 12.1. The predicted octanol–water partition coefficient (Wildman–Crippen LogP) is 1.17. The van der Waals surface area contributed by atoms with Crippen molar-refractivity contribution >= 4 is 5.97 Å². The van der Waals surface area contributed by atoms with Crippen molar-refractivity contribution in [3.8, 4) is 0 Å². The summed E-state index contributed by atoms with van der Waals surface area (Å²) in [5, 5.41) is 12.1. The Balaban J connectivity index is 2.45. The van der Waals surface area contributed by atoms with Gasteiger partial charge in [-0.2, -0.15) is 0 Å². The number of hydrogen-bond acceptors (Lipinski definition) is 3. The highest BCUT2D eigenvalue weighted by atomic mass is 16.4. The first-order valence-electron chi connectivity index (χ1n) is 6.24. The number of likely N-dealkylation sites (N-methyl/N-ethyl adjacent to an activating group) is 1. The molecule has 0 aliphatic heterocycles. The van der Waals surface area contributed by atoms with Gasteiger partial charge in [-0.15, -0.1) is 0 Å². The van der Waals surface area contributed by atoms with Crippen LogP contribution >= 0.6 is 0 Å². The summed E-state index contributed by atoms with van der Waals surface area (Å²) in [6.07, 6.45) is 2.62. The van der Waals surface area contributed by atoms with Crippen LogP contribution in [0, 0.1) is 5.92 Å². The lowest BCUT2D eigenvalue weighted by atomic mass is 10.2. The SMILES string of the molecule is CCNC(CN(CC1CC1)C(C)C)C(=O)O. The summed E-state index contributed by atoms with van der Waals surface area (Å²) in [6.45, 7) is 8.56. The fourth-order valence-corrected chi connectivity index (χ4v) is 1.84. The Morgan fingerprint density at radius 2 is 2.12 bits per heavy atom. The molecule has 0 bridgehead atoms. The molecular weight excluding hydrogens is 204 g/mol. The molecule has 1 aliphatic rings. The van der Waals surface area contributed by atoms with Crippen molar-refractivity contribution in [3.05, 3.63) is 0 Å². The number of nitrogens with zero attached hydrogens (tertiary/aromatic N) is 1. The highest BCUT2D eigenvalue weighted by Gasteiger charge is 2.28. The number of carbonyl (C=O) groups is 1. The Morgan fingerprint density at radius 3 is 2.50 bits per heavy atom. The normalized spacial score (nSPS) is 18.1. The molecule has 0 aromatic rings. The first kappa shape index (κ1) is 13.5. The summed E-state index contributed by atoms with van der Waals surface area (Å²) in [7, 11) is 0. The maximum Gasteiger partial charge on any atom is 0.322 e. The number of carboxylic acids is 1. The second-order valence-electron chi connectivity index (χ2n) is 4.94. The van der Waals surface area contributed by atoms with Gasteiger partial charge >= 0.3 is 5.97 Å². The van der Waals surface area contributed by atoms with E-state index in [4.69, 9.17) is 5.11 Å². The van der Waals surface area contributed by atoms with Crippen LogP contribution in [-0.2, 0) is 4.79 Å². The molecule has 0 spiro atoms. The van der Waals surface area contributed by atoms with E-state index in [1.165, 1.54) is 12.8 Å². The van der Waals surface area contributed by atoms with Crippen LogP contribution < -0.4 is 5.32 Å². The summed E-state index contributed by atoms with van der Waals surface area (Å²) >= 11 is 0. The molecule has 4 nitrogen and oxygen atoms in total. The molecule has 0 heterocycles. The van der Waals surface area contributed by atoms with Gasteiger partial charge in [-0.25, -0.2) is 0 Å². The van der Waals surface area contributed by atoms with Crippen LogP contribution in [0.1, 0.15) is 33.6 Å². The van der Waals surface area contributed by atoms with Crippen molar-refractivity contribution in [1.29, 1.82) is 0 Å². The summed E-state index contributed by atoms with van der Waals surface area (Å²) in [5.41, 5.74) is 0. The average Bonchev–Trinajstić information content (AvgIpc) is 2.99. The van der Waals surface area contributed by atoms with E-state index < -0.39 is 12.0 Å². The molecule has 16 heavy (non-hydrogen) atoms. The largest absolute Gasteiger partial charge is 0.480 e. The number of nitrogens with one attached hydrogen (secondary N) is 1. The van der Waals surface area contributed by atoms with Crippen LogP contribution in [0.4, 0.5) is 0 Å².